The molecular weight excluding hydrogens is 372 g/mol. The Hall–Kier alpha value is -2.34. The Morgan fingerprint density at radius 2 is 1.71 bits per heavy atom. The van der Waals surface area contributed by atoms with Gasteiger partial charge in [0.1, 0.15) is 5.75 Å². The first kappa shape index (κ1) is 18.0. The first-order valence-electron chi connectivity index (χ1n) is 7.63. The highest BCUT2D eigenvalue weighted by Gasteiger charge is 2.05. The third kappa shape index (κ3) is 6.42. The number of amides is 2. The van der Waals surface area contributed by atoms with Gasteiger partial charge in [0.25, 0.3) is 5.91 Å². The van der Waals surface area contributed by atoms with E-state index in [1.807, 2.05) is 36.4 Å². The molecule has 0 radical (unpaired) electrons. The number of ether oxygens (including phenoxy) is 1. The van der Waals surface area contributed by atoms with E-state index in [9.17, 15) is 9.59 Å². The molecule has 24 heavy (non-hydrogen) atoms. The zero-order chi connectivity index (χ0) is 17.2. The third-order valence-electron chi connectivity index (χ3n) is 3.16. The molecular formula is C18H19BrN2O3. The summed E-state index contributed by atoms with van der Waals surface area (Å²) >= 11 is 3.32. The largest absolute Gasteiger partial charge is 0.493 e. The number of hydrogen-bond acceptors (Lipinski definition) is 3. The number of carbonyl (C=O) groups excluding carboxylic acids is 2. The van der Waals surface area contributed by atoms with E-state index in [-0.39, 0.29) is 18.2 Å². The lowest BCUT2D eigenvalue weighted by Crippen LogP contribution is -2.35. The van der Waals surface area contributed by atoms with Crippen LogP contribution in [0.3, 0.4) is 0 Å². The van der Waals surface area contributed by atoms with Crippen molar-refractivity contribution < 1.29 is 14.3 Å². The quantitative estimate of drug-likeness (QED) is 0.680. The van der Waals surface area contributed by atoms with E-state index in [0.29, 0.717) is 25.3 Å². The summed E-state index contributed by atoms with van der Waals surface area (Å²) in [6, 6.07) is 16.5. The first-order valence-corrected chi connectivity index (χ1v) is 8.43. The summed E-state index contributed by atoms with van der Waals surface area (Å²) in [5, 5.41) is 5.50. The molecule has 0 saturated heterocycles. The summed E-state index contributed by atoms with van der Waals surface area (Å²) in [4.78, 5) is 23.6. The number of halogens is 1. The van der Waals surface area contributed by atoms with Crippen molar-refractivity contribution in [3.8, 4) is 5.75 Å². The molecule has 0 aromatic heterocycles. The Labute approximate surface area is 149 Å². The number of para-hydroxylation sites is 1. The highest BCUT2D eigenvalue weighted by molar-refractivity contribution is 9.10. The highest BCUT2D eigenvalue weighted by Crippen LogP contribution is 2.11. The van der Waals surface area contributed by atoms with Crippen LogP contribution in [0.1, 0.15) is 16.8 Å². The minimum absolute atomic E-state index is 0.109. The maximum atomic E-state index is 11.9. The Morgan fingerprint density at radius 1 is 0.958 bits per heavy atom. The Morgan fingerprint density at radius 3 is 2.46 bits per heavy atom. The summed E-state index contributed by atoms with van der Waals surface area (Å²) in [6.45, 7) is 1.07. The normalized spacial score (nSPS) is 10.0. The Kier molecular flexibility index (Phi) is 7.29. The summed E-state index contributed by atoms with van der Waals surface area (Å²) < 4.78 is 6.30. The molecule has 0 aliphatic carbocycles. The molecule has 6 heteroatoms. The van der Waals surface area contributed by atoms with E-state index < -0.39 is 0 Å². The molecule has 2 aromatic carbocycles. The SMILES string of the molecule is O=C(CCOc1ccccc1)NCCNC(=O)c1cccc(Br)c1. The van der Waals surface area contributed by atoms with Crippen molar-refractivity contribution in [1.29, 1.82) is 0 Å². The van der Waals surface area contributed by atoms with Crippen LogP contribution >= 0.6 is 15.9 Å². The van der Waals surface area contributed by atoms with Gasteiger partial charge in [0.2, 0.25) is 5.91 Å². The van der Waals surface area contributed by atoms with Gasteiger partial charge in [0, 0.05) is 23.1 Å². The molecule has 5 nitrogen and oxygen atoms in total. The van der Waals surface area contributed by atoms with Gasteiger partial charge in [-0.25, -0.2) is 0 Å². The minimum atomic E-state index is -0.169. The van der Waals surface area contributed by atoms with Crippen LogP contribution in [0.5, 0.6) is 5.75 Å². The van der Waals surface area contributed by atoms with Gasteiger partial charge >= 0.3 is 0 Å². The van der Waals surface area contributed by atoms with Crippen LogP contribution in [0.25, 0.3) is 0 Å². The van der Waals surface area contributed by atoms with E-state index >= 15 is 0 Å². The van der Waals surface area contributed by atoms with Crippen molar-refractivity contribution in [3.05, 3.63) is 64.6 Å². The highest BCUT2D eigenvalue weighted by atomic mass is 79.9. The fourth-order valence-electron chi connectivity index (χ4n) is 1.98. The van der Waals surface area contributed by atoms with Crippen molar-refractivity contribution in [2.45, 2.75) is 6.42 Å². The molecule has 0 unspecified atom stereocenters. The molecule has 2 rings (SSSR count). The predicted octanol–water partition coefficient (Wildman–Crippen LogP) is 2.76. The lowest BCUT2D eigenvalue weighted by Gasteiger charge is -2.08. The lowest BCUT2D eigenvalue weighted by atomic mass is 10.2. The molecule has 126 valence electrons. The summed E-state index contributed by atoms with van der Waals surface area (Å²) in [6.07, 6.45) is 0.272. The maximum Gasteiger partial charge on any atom is 0.251 e. The fraction of sp³-hybridized carbons (Fsp3) is 0.222. The van der Waals surface area contributed by atoms with E-state index in [2.05, 4.69) is 26.6 Å². The first-order chi connectivity index (χ1) is 11.6. The second-order valence-corrected chi connectivity index (χ2v) is 5.94. The average Bonchev–Trinajstić information content (AvgIpc) is 2.59. The third-order valence-corrected chi connectivity index (χ3v) is 3.65. The average molecular weight is 391 g/mol. The van der Waals surface area contributed by atoms with Gasteiger partial charge in [-0.05, 0) is 30.3 Å². The van der Waals surface area contributed by atoms with Gasteiger partial charge in [-0.1, -0.05) is 40.2 Å². The van der Waals surface area contributed by atoms with Crippen LogP contribution in [-0.2, 0) is 4.79 Å². The molecule has 2 amide bonds. The molecule has 0 aliphatic rings. The molecule has 0 saturated carbocycles. The van der Waals surface area contributed by atoms with Crippen molar-refractivity contribution in [3.63, 3.8) is 0 Å². The van der Waals surface area contributed by atoms with Crippen molar-refractivity contribution in [2.24, 2.45) is 0 Å². The molecule has 2 aromatic rings. The topological polar surface area (TPSA) is 67.4 Å². The van der Waals surface area contributed by atoms with Crippen LogP contribution in [-0.4, -0.2) is 31.5 Å². The van der Waals surface area contributed by atoms with Crippen molar-refractivity contribution in [2.75, 3.05) is 19.7 Å². The molecule has 0 fully saturated rings. The summed E-state index contributed by atoms with van der Waals surface area (Å²) in [5.74, 6) is 0.465. The number of rotatable bonds is 8. The smallest absolute Gasteiger partial charge is 0.251 e. The fourth-order valence-corrected chi connectivity index (χ4v) is 2.38. The standard InChI is InChI=1S/C18H19BrN2O3/c19-15-6-4-5-14(13-15)18(23)21-11-10-20-17(22)9-12-24-16-7-2-1-3-8-16/h1-8,13H,9-12H2,(H,20,22)(H,21,23). The zero-order valence-corrected chi connectivity index (χ0v) is 14.7. The van der Waals surface area contributed by atoms with E-state index in [4.69, 9.17) is 4.74 Å². The number of nitrogens with one attached hydrogen (secondary N) is 2. The van der Waals surface area contributed by atoms with E-state index in [1.54, 1.807) is 18.2 Å². The number of benzene rings is 2. The van der Waals surface area contributed by atoms with Crippen molar-refractivity contribution >= 4 is 27.7 Å². The summed E-state index contributed by atoms with van der Waals surface area (Å²) in [7, 11) is 0. The predicted molar refractivity (Wildman–Crippen MR) is 96.0 cm³/mol. The van der Waals surface area contributed by atoms with Crippen LogP contribution in [0.15, 0.2) is 59.1 Å². The maximum absolute atomic E-state index is 11.9. The van der Waals surface area contributed by atoms with Crippen LogP contribution in [0.4, 0.5) is 0 Å². The molecule has 2 N–H and O–H groups in total. The second kappa shape index (κ2) is 9.72. The van der Waals surface area contributed by atoms with Crippen LogP contribution < -0.4 is 15.4 Å². The number of hydrogen-bond donors (Lipinski definition) is 2. The molecule has 0 atom stereocenters. The van der Waals surface area contributed by atoms with Gasteiger partial charge in [-0.2, -0.15) is 0 Å². The minimum Gasteiger partial charge on any atom is -0.493 e. The lowest BCUT2D eigenvalue weighted by molar-refractivity contribution is -0.121. The van der Waals surface area contributed by atoms with E-state index in [1.165, 1.54) is 0 Å². The van der Waals surface area contributed by atoms with E-state index in [0.717, 1.165) is 10.2 Å². The Balaban J connectivity index is 1.58. The number of carbonyl (C=O) groups is 2. The van der Waals surface area contributed by atoms with Crippen molar-refractivity contribution in [1.82, 2.24) is 10.6 Å². The zero-order valence-electron chi connectivity index (χ0n) is 13.1. The molecule has 0 heterocycles. The van der Waals surface area contributed by atoms with Gasteiger partial charge in [0.05, 0.1) is 13.0 Å². The van der Waals surface area contributed by atoms with Gasteiger partial charge in [-0.3, -0.25) is 9.59 Å². The summed E-state index contributed by atoms with van der Waals surface area (Å²) in [5.41, 5.74) is 0.576. The van der Waals surface area contributed by atoms with Gasteiger partial charge < -0.3 is 15.4 Å². The molecule has 0 aliphatic heterocycles. The van der Waals surface area contributed by atoms with Gasteiger partial charge in [0.15, 0.2) is 0 Å². The van der Waals surface area contributed by atoms with Crippen LogP contribution in [0, 0.1) is 0 Å². The molecule has 0 bridgehead atoms. The van der Waals surface area contributed by atoms with Crippen LogP contribution in [0.2, 0.25) is 0 Å². The molecule has 0 spiro atoms. The Bertz CT molecular complexity index is 677. The second-order valence-electron chi connectivity index (χ2n) is 5.03. The van der Waals surface area contributed by atoms with Gasteiger partial charge in [-0.15, -0.1) is 0 Å². The monoisotopic (exact) mass is 390 g/mol.